The number of thiophene rings is 1. The molecule has 1 amide bonds. The van der Waals surface area contributed by atoms with Gasteiger partial charge in [0.05, 0.1) is 30.7 Å². The molecule has 1 aliphatic carbocycles. The van der Waals surface area contributed by atoms with Gasteiger partial charge in [0.15, 0.2) is 0 Å². The number of fused-ring (bicyclic) bond motifs is 1. The molecule has 10 heteroatoms. The van der Waals surface area contributed by atoms with Gasteiger partial charge in [-0.3, -0.25) is 9.59 Å². The maximum Gasteiger partial charge on any atom is 0.341 e. The van der Waals surface area contributed by atoms with Gasteiger partial charge in [-0.2, -0.15) is 0 Å². The fourth-order valence-electron chi connectivity index (χ4n) is 3.88. The van der Waals surface area contributed by atoms with Gasteiger partial charge in [-0.25, -0.2) is 4.79 Å². The topological polar surface area (TPSA) is 108 Å². The number of rotatable bonds is 5. The lowest BCUT2D eigenvalue weighted by Gasteiger charge is -2.12. The lowest BCUT2D eigenvalue weighted by Crippen LogP contribution is -2.18. The third kappa shape index (κ3) is 3.67. The third-order valence-electron chi connectivity index (χ3n) is 5.35. The number of carbonyl (C=O) groups excluding carboxylic acids is 3. The average Bonchev–Trinajstić information content (AvgIpc) is 3.46. The maximum atomic E-state index is 13.3. The van der Waals surface area contributed by atoms with E-state index in [4.69, 9.17) is 25.6 Å². The van der Waals surface area contributed by atoms with Crippen LogP contribution in [0.2, 0.25) is 5.02 Å². The van der Waals surface area contributed by atoms with Crippen LogP contribution in [0.5, 0.6) is 0 Å². The highest BCUT2D eigenvalue weighted by Crippen LogP contribution is 2.46. The Kier molecular flexibility index (Phi) is 6.03. The quantitative estimate of drug-likeness (QED) is 0.538. The predicted molar refractivity (Wildman–Crippen MR) is 118 cm³/mol. The number of halogens is 1. The van der Waals surface area contributed by atoms with Gasteiger partial charge in [-0.15, -0.1) is 11.3 Å². The van der Waals surface area contributed by atoms with Gasteiger partial charge >= 0.3 is 11.9 Å². The first-order valence-electron chi connectivity index (χ1n) is 9.71. The molecule has 1 N–H and O–H groups in total. The van der Waals surface area contributed by atoms with Crippen molar-refractivity contribution in [1.82, 2.24) is 5.16 Å². The Hall–Kier alpha value is -3.17. The number of nitrogens with zero attached hydrogens (tertiary/aromatic N) is 1. The van der Waals surface area contributed by atoms with Crippen LogP contribution in [0, 0.1) is 6.92 Å². The van der Waals surface area contributed by atoms with Crippen LogP contribution in [0.4, 0.5) is 5.00 Å². The molecular weight excluding hydrogens is 456 g/mol. The predicted octanol–water partition coefficient (Wildman–Crippen LogP) is 4.61. The SMILES string of the molecule is COC(=O)c1c(NC(=O)c2c(-c3ccccc3Cl)noc2C)sc2c1C(C(=O)OC)CC2. The first-order valence-corrected chi connectivity index (χ1v) is 10.9. The second kappa shape index (κ2) is 8.76. The lowest BCUT2D eigenvalue weighted by atomic mass is 9.99. The summed E-state index contributed by atoms with van der Waals surface area (Å²) in [5.74, 6) is -1.86. The van der Waals surface area contributed by atoms with Crippen molar-refractivity contribution in [2.45, 2.75) is 25.7 Å². The van der Waals surface area contributed by atoms with Gasteiger partial charge in [0.2, 0.25) is 0 Å². The molecule has 0 radical (unpaired) electrons. The molecule has 0 aliphatic heterocycles. The van der Waals surface area contributed by atoms with Gasteiger partial charge in [-0.1, -0.05) is 35.0 Å². The van der Waals surface area contributed by atoms with Crippen molar-refractivity contribution < 1.29 is 28.4 Å². The minimum atomic E-state index is -0.637. The van der Waals surface area contributed by atoms with Crippen LogP contribution >= 0.6 is 22.9 Å². The Morgan fingerprint density at radius 3 is 2.62 bits per heavy atom. The number of aromatic nitrogens is 1. The van der Waals surface area contributed by atoms with Crippen molar-refractivity contribution in [3.63, 3.8) is 0 Å². The van der Waals surface area contributed by atoms with E-state index in [0.717, 1.165) is 4.88 Å². The second-order valence-corrected chi connectivity index (χ2v) is 8.66. The number of anilines is 1. The molecule has 0 saturated heterocycles. The first kappa shape index (κ1) is 22.0. The standard InChI is InChI=1S/C22H19ClN2O6S/c1-10-15(18(25-31-10)11-6-4-5-7-13(11)23)19(26)24-20-17(22(28)30-3)16-12(21(27)29-2)8-9-14(16)32-20/h4-7,12H,8-9H2,1-3H3,(H,24,26). The molecule has 0 fully saturated rings. The number of nitrogens with one attached hydrogen (secondary N) is 1. The maximum absolute atomic E-state index is 13.3. The number of hydrogen-bond acceptors (Lipinski definition) is 8. The third-order valence-corrected chi connectivity index (χ3v) is 6.86. The summed E-state index contributed by atoms with van der Waals surface area (Å²) >= 11 is 7.53. The van der Waals surface area contributed by atoms with Crippen LogP contribution in [0.15, 0.2) is 28.8 Å². The molecule has 32 heavy (non-hydrogen) atoms. The molecule has 1 aromatic carbocycles. The summed E-state index contributed by atoms with van der Waals surface area (Å²) in [6, 6.07) is 6.97. The molecule has 3 aromatic rings. The molecule has 1 aliphatic rings. The lowest BCUT2D eigenvalue weighted by molar-refractivity contribution is -0.142. The average molecular weight is 475 g/mol. The highest BCUT2D eigenvalue weighted by molar-refractivity contribution is 7.17. The van der Waals surface area contributed by atoms with Crippen LogP contribution in [0.25, 0.3) is 11.3 Å². The van der Waals surface area contributed by atoms with Crippen LogP contribution in [0.1, 0.15) is 49.3 Å². The van der Waals surface area contributed by atoms with E-state index >= 15 is 0 Å². The fraction of sp³-hybridized carbons (Fsp3) is 0.273. The van der Waals surface area contributed by atoms with Crippen molar-refractivity contribution in [1.29, 1.82) is 0 Å². The summed E-state index contributed by atoms with van der Waals surface area (Å²) in [7, 11) is 2.55. The molecule has 0 saturated carbocycles. The summed E-state index contributed by atoms with van der Waals surface area (Å²) in [5.41, 5.74) is 1.76. The monoisotopic (exact) mass is 474 g/mol. The van der Waals surface area contributed by atoms with Crippen LogP contribution in [-0.4, -0.2) is 37.2 Å². The fourth-order valence-corrected chi connectivity index (χ4v) is 5.36. The molecule has 1 unspecified atom stereocenters. The first-order chi connectivity index (χ1) is 15.4. The highest BCUT2D eigenvalue weighted by Gasteiger charge is 2.38. The molecule has 2 heterocycles. The minimum absolute atomic E-state index is 0.169. The molecule has 1 atom stereocenters. The molecule has 2 aromatic heterocycles. The summed E-state index contributed by atoms with van der Waals surface area (Å²) in [5, 5.41) is 7.51. The number of benzene rings is 1. The largest absolute Gasteiger partial charge is 0.469 e. The van der Waals surface area contributed by atoms with Crippen LogP contribution in [0.3, 0.4) is 0 Å². The van der Waals surface area contributed by atoms with Gasteiger partial charge in [0.25, 0.3) is 5.91 Å². The Bertz CT molecular complexity index is 1230. The van der Waals surface area contributed by atoms with Crippen molar-refractivity contribution >= 4 is 45.8 Å². The van der Waals surface area contributed by atoms with E-state index < -0.39 is 23.8 Å². The van der Waals surface area contributed by atoms with E-state index in [9.17, 15) is 14.4 Å². The normalized spacial score (nSPS) is 14.7. The highest BCUT2D eigenvalue weighted by atomic mass is 35.5. The number of hydrogen-bond donors (Lipinski definition) is 1. The summed E-state index contributed by atoms with van der Waals surface area (Å²) in [6.07, 6.45) is 1.13. The molecule has 0 spiro atoms. The number of esters is 2. The number of methoxy groups -OCH3 is 2. The minimum Gasteiger partial charge on any atom is -0.469 e. The molecule has 4 rings (SSSR count). The zero-order valence-electron chi connectivity index (χ0n) is 17.5. The van der Waals surface area contributed by atoms with Gasteiger partial charge in [-0.05, 0) is 31.4 Å². The van der Waals surface area contributed by atoms with Crippen molar-refractivity contribution in [2.24, 2.45) is 0 Å². The van der Waals surface area contributed by atoms with Crippen molar-refractivity contribution in [3.05, 3.63) is 56.6 Å². The Balaban J connectivity index is 1.75. The number of amides is 1. The Morgan fingerprint density at radius 2 is 1.94 bits per heavy atom. The smallest absolute Gasteiger partial charge is 0.341 e. The number of carbonyl (C=O) groups is 3. The van der Waals surface area contributed by atoms with Gasteiger partial charge in [0.1, 0.15) is 22.0 Å². The van der Waals surface area contributed by atoms with Crippen molar-refractivity contribution in [3.8, 4) is 11.3 Å². The molecule has 8 nitrogen and oxygen atoms in total. The Labute approximate surface area is 192 Å². The van der Waals surface area contributed by atoms with Gasteiger partial charge < -0.3 is 19.3 Å². The zero-order valence-corrected chi connectivity index (χ0v) is 19.1. The molecule has 0 bridgehead atoms. The number of aryl methyl sites for hydroxylation is 2. The van der Waals surface area contributed by atoms with E-state index in [2.05, 4.69) is 10.5 Å². The van der Waals surface area contributed by atoms with E-state index in [1.807, 2.05) is 0 Å². The number of ether oxygens (including phenoxy) is 2. The van der Waals surface area contributed by atoms with Crippen LogP contribution < -0.4 is 5.32 Å². The van der Waals surface area contributed by atoms with Crippen LogP contribution in [-0.2, 0) is 20.7 Å². The molecule has 166 valence electrons. The molecular formula is C22H19ClN2O6S. The van der Waals surface area contributed by atoms with Crippen molar-refractivity contribution in [2.75, 3.05) is 19.5 Å². The van der Waals surface area contributed by atoms with E-state index in [1.165, 1.54) is 25.6 Å². The summed E-state index contributed by atoms with van der Waals surface area (Å²) in [6.45, 7) is 1.62. The van der Waals surface area contributed by atoms with E-state index in [0.29, 0.717) is 45.4 Å². The van der Waals surface area contributed by atoms with Gasteiger partial charge in [0, 0.05) is 10.4 Å². The Morgan fingerprint density at radius 1 is 1.19 bits per heavy atom. The van der Waals surface area contributed by atoms with E-state index in [1.54, 1.807) is 31.2 Å². The van der Waals surface area contributed by atoms with E-state index in [-0.39, 0.29) is 11.1 Å². The second-order valence-electron chi connectivity index (χ2n) is 7.15. The summed E-state index contributed by atoms with van der Waals surface area (Å²) in [4.78, 5) is 39.0. The zero-order chi connectivity index (χ0) is 23.0. The summed E-state index contributed by atoms with van der Waals surface area (Å²) < 4.78 is 15.1.